The molecule has 0 saturated heterocycles. The number of hydrogen-bond donors (Lipinski definition) is 1. The molecule has 16 heavy (non-hydrogen) atoms. The molecular weight excluding hydrogens is 214 g/mol. The minimum atomic E-state index is 1.04. The molecule has 1 N–H and O–H groups in total. The molecule has 0 fully saturated rings. The third-order valence-electron chi connectivity index (χ3n) is 2.37. The zero-order chi connectivity index (χ0) is 11.2. The van der Waals surface area contributed by atoms with E-state index in [0.29, 0.717) is 0 Å². The van der Waals surface area contributed by atoms with Crippen molar-refractivity contribution in [2.45, 2.75) is 5.75 Å². The molecule has 2 aromatic rings. The Morgan fingerprint density at radius 1 is 0.938 bits per heavy atom. The molecule has 0 atom stereocenters. The maximum absolute atomic E-state index is 3.44. The summed E-state index contributed by atoms with van der Waals surface area (Å²) in [6.07, 6.45) is 2.12. The van der Waals surface area contributed by atoms with Crippen molar-refractivity contribution in [3.05, 3.63) is 60.2 Å². The monoisotopic (exact) mass is 229 g/mol. The van der Waals surface area contributed by atoms with Gasteiger partial charge in [0.05, 0.1) is 0 Å². The molecule has 0 aliphatic rings. The molecule has 0 aliphatic carbocycles. The van der Waals surface area contributed by atoms with Crippen LogP contribution < -0.4 is 5.32 Å². The van der Waals surface area contributed by atoms with Crippen LogP contribution in [0, 0.1) is 0 Å². The maximum atomic E-state index is 3.44. The van der Waals surface area contributed by atoms with Gasteiger partial charge in [0.1, 0.15) is 0 Å². The molecule has 0 bridgehead atoms. The SMILES string of the molecule is CSCc1ccccc1Nc1ccccc1. The van der Waals surface area contributed by atoms with Gasteiger partial charge in [-0.25, -0.2) is 0 Å². The lowest BCUT2D eigenvalue weighted by molar-refractivity contribution is 1.39. The van der Waals surface area contributed by atoms with E-state index in [-0.39, 0.29) is 0 Å². The lowest BCUT2D eigenvalue weighted by Gasteiger charge is -2.10. The molecule has 2 aromatic carbocycles. The zero-order valence-corrected chi connectivity index (χ0v) is 10.1. The molecule has 0 saturated carbocycles. The third kappa shape index (κ3) is 2.80. The largest absolute Gasteiger partial charge is 0.355 e. The van der Waals surface area contributed by atoms with Gasteiger partial charge in [-0.15, -0.1) is 0 Å². The molecular formula is C14H15NS. The summed E-state index contributed by atoms with van der Waals surface area (Å²) >= 11 is 1.84. The minimum absolute atomic E-state index is 1.04. The van der Waals surface area contributed by atoms with E-state index in [9.17, 15) is 0 Å². The van der Waals surface area contributed by atoms with Crippen molar-refractivity contribution in [1.29, 1.82) is 0 Å². The molecule has 0 amide bonds. The average molecular weight is 229 g/mol. The van der Waals surface area contributed by atoms with Crippen molar-refractivity contribution < 1.29 is 0 Å². The van der Waals surface area contributed by atoms with E-state index in [1.165, 1.54) is 11.3 Å². The van der Waals surface area contributed by atoms with Gasteiger partial charge >= 0.3 is 0 Å². The van der Waals surface area contributed by atoms with Crippen molar-refractivity contribution in [2.24, 2.45) is 0 Å². The van der Waals surface area contributed by atoms with Crippen LogP contribution in [0.5, 0.6) is 0 Å². The second-order valence-corrected chi connectivity index (χ2v) is 4.45. The summed E-state index contributed by atoms with van der Waals surface area (Å²) in [4.78, 5) is 0. The Morgan fingerprint density at radius 2 is 1.62 bits per heavy atom. The summed E-state index contributed by atoms with van der Waals surface area (Å²) in [5, 5.41) is 3.44. The Morgan fingerprint density at radius 3 is 2.38 bits per heavy atom. The van der Waals surface area contributed by atoms with E-state index in [0.717, 1.165) is 11.4 Å². The second kappa shape index (κ2) is 5.61. The number of thioether (sulfide) groups is 1. The van der Waals surface area contributed by atoms with Crippen LogP contribution in [0.3, 0.4) is 0 Å². The van der Waals surface area contributed by atoms with Gasteiger partial charge in [-0.1, -0.05) is 36.4 Å². The van der Waals surface area contributed by atoms with E-state index < -0.39 is 0 Å². The van der Waals surface area contributed by atoms with Gasteiger partial charge in [-0.05, 0) is 30.0 Å². The fourth-order valence-corrected chi connectivity index (χ4v) is 2.16. The van der Waals surface area contributed by atoms with Gasteiger partial charge in [0, 0.05) is 17.1 Å². The van der Waals surface area contributed by atoms with Crippen molar-refractivity contribution in [1.82, 2.24) is 0 Å². The van der Waals surface area contributed by atoms with Crippen LogP contribution in [0.4, 0.5) is 11.4 Å². The standard InChI is InChI=1S/C14H15NS/c1-16-11-12-7-5-6-10-14(12)15-13-8-3-2-4-9-13/h2-10,15H,11H2,1H3. The Balaban J connectivity index is 2.21. The van der Waals surface area contributed by atoms with E-state index in [1.807, 2.05) is 30.0 Å². The lowest BCUT2D eigenvalue weighted by Crippen LogP contribution is -1.94. The zero-order valence-electron chi connectivity index (χ0n) is 9.31. The van der Waals surface area contributed by atoms with Crippen LogP contribution in [0.15, 0.2) is 54.6 Å². The van der Waals surface area contributed by atoms with Crippen LogP contribution in [-0.4, -0.2) is 6.26 Å². The summed E-state index contributed by atoms with van der Waals surface area (Å²) in [5.74, 6) is 1.04. The highest BCUT2D eigenvalue weighted by Gasteiger charge is 2.00. The highest BCUT2D eigenvalue weighted by Crippen LogP contribution is 2.23. The second-order valence-electron chi connectivity index (χ2n) is 3.58. The van der Waals surface area contributed by atoms with E-state index in [4.69, 9.17) is 0 Å². The Hall–Kier alpha value is -1.41. The third-order valence-corrected chi connectivity index (χ3v) is 2.97. The molecule has 0 aliphatic heterocycles. The van der Waals surface area contributed by atoms with Crippen molar-refractivity contribution in [2.75, 3.05) is 11.6 Å². The normalized spacial score (nSPS) is 10.1. The van der Waals surface area contributed by atoms with Gasteiger partial charge in [0.25, 0.3) is 0 Å². The number of benzene rings is 2. The number of hydrogen-bond acceptors (Lipinski definition) is 2. The summed E-state index contributed by atoms with van der Waals surface area (Å²) in [7, 11) is 0. The predicted octanol–water partition coefficient (Wildman–Crippen LogP) is 4.29. The molecule has 2 heteroatoms. The number of rotatable bonds is 4. The van der Waals surface area contributed by atoms with Crippen molar-refractivity contribution >= 4 is 23.1 Å². The fourth-order valence-electron chi connectivity index (χ4n) is 1.60. The van der Waals surface area contributed by atoms with Gasteiger partial charge in [0.15, 0.2) is 0 Å². The average Bonchev–Trinajstić information content (AvgIpc) is 2.33. The molecule has 82 valence electrons. The molecule has 0 radical (unpaired) electrons. The summed E-state index contributed by atoms with van der Waals surface area (Å²) < 4.78 is 0. The van der Waals surface area contributed by atoms with Crippen molar-refractivity contribution in [3.63, 3.8) is 0 Å². The smallest absolute Gasteiger partial charge is 0.0425 e. The topological polar surface area (TPSA) is 12.0 Å². The molecule has 2 rings (SSSR count). The minimum Gasteiger partial charge on any atom is -0.355 e. The van der Waals surface area contributed by atoms with Gasteiger partial charge < -0.3 is 5.32 Å². The van der Waals surface area contributed by atoms with E-state index in [2.05, 4.69) is 48.0 Å². The van der Waals surface area contributed by atoms with Crippen LogP contribution in [-0.2, 0) is 5.75 Å². The van der Waals surface area contributed by atoms with Crippen LogP contribution in [0.2, 0.25) is 0 Å². The highest BCUT2D eigenvalue weighted by molar-refractivity contribution is 7.97. The lowest BCUT2D eigenvalue weighted by atomic mass is 10.2. The number of nitrogens with one attached hydrogen (secondary N) is 1. The molecule has 0 unspecified atom stereocenters. The molecule has 0 spiro atoms. The van der Waals surface area contributed by atoms with Gasteiger partial charge in [-0.3, -0.25) is 0 Å². The summed E-state index contributed by atoms with van der Waals surface area (Å²) in [6.45, 7) is 0. The van der Waals surface area contributed by atoms with Crippen molar-refractivity contribution in [3.8, 4) is 0 Å². The highest BCUT2D eigenvalue weighted by atomic mass is 32.2. The van der Waals surface area contributed by atoms with Crippen LogP contribution in [0.25, 0.3) is 0 Å². The first-order valence-corrected chi connectivity index (χ1v) is 6.68. The van der Waals surface area contributed by atoms with Gasteiger partial charge in [-0.2, -0.15) is 11.8 Å². The van der Waals surface area contributed by atoms with Crippen LogP contribution >= 0.6 is 11.8 Å². The maximum Gasteiger partial charge on any atom is 0.0425 e. The molecule has 1 nitrogen and oxygen atoms in total. The molecule has 0 heterocycles. The molecule has 0 aromatic heterocycles. The first-order chi connectivity index (χ1) is 7.90. The predicted molar refractivity (Wildman–Crippen MR) is 73.4 cm³/mol. The van der Waals surface area contributed by atoms with E-state index in [1.54, 1.807) is 0 Å². The van der Waals surface area contributed by atoms with Crippen LogP contribution in [0.1, 0.15) is 5.56 Å². The Labute approximate surface area is 101 Å². The Kier molecular flexibility index (Phi) is 3.89. The Bertz CT molecular complexity index is 439. The van der Waals surface area contributed by atoms with E-state index >= 15 is 0 Å². The summed E-state index contributed by atoms with van der Waals surface area (Å²) in [5.41, 5.74) is 3.68. The first kappa shape index (κ1) is 11.1. The van der Waals surface area contributed by atoms with Gasteiger partial charge in [0.2, 0.25) is 0 Å². The number of para-hydroxylation sites is 2. The quantitative estimate of drug-likeness (QED) is 0.839. The fraction of sp³-hybridized carbons (Fsp3) is 0.143. The number of anilines is 2. The summed E-state index contributed by atoms with van der Waals surface area (Å²) in [6, 6.07) is 18.7. The first-order valence-electron chi connectivity index (χ1n) is 5.29.